The molecule has 0 bridgehead atoms. The van der Waals surface area contributed by atoms with Crippen LogP contribution < -0.4 is 0 Å². The molecule has 0 fully saturated rings. The maximum absolute atomic E-state index is 4.51. The molecule has 0 unspecified atom stereocenters. The molecule has 0 spiro atoms. The minimum atomic E-state index is 0.807. The first kappa shape index (κ1) is 10.8. The number of aryl methyl sites for hydroxylation is 4. The normalized spacial score (nSPS) is 10.8. The standard InChI is InChI=1S/C12H16N4/c1-7-8(2)13-10(4)14-12(7)11-6-16(5)15-9(11)3/h6H,1-5H3. The highest BCUT2D eigenvalue weighted by Crippen LogP contribution is 2.24. The van der Waals surface area contributed by atoms with Gasteiger partial charge in [0.2, 0.25) is 0 Å². The molecule has 16 heavy (non-hydrogen) atoms. The number of aromatic nitrogens is 4. The van der Waals surface area contributed by atoms with E-state index in [-0.39, 0.29) is 0 Å². The van der Waals surface area contributed by atoms with E-state index in [1.807, 2.05) is 38.7 Å². The highest BCUT2D eigenvalue weighted by Gasteiger charge is 2.12. The Hall–Kier alpha value is -1.71. The van der Waals surface area contributed by atoms with Gasteiger partial charge in [-0.2, -0.15) is 5.10 Å². The Labute approximate surface area is 95.4 Å². The van der Waals surface area contributed by atoms with Gasteiger partial charge in [-0.3, -0.25) is 4.68 Å². The quantitative estimate of drug-likeness (QED) is 0.733. The Morgan fingerprint density at radius 3 is 2.25 bits per heavy atom. The average molecular weight is 216 g/mol. The zero-order chi connectivity index (χ0) is 11.9. The summed E-state index contributed by atoms with van der Waals surface area (Å²) in [6.07, 6.45) is 2.00. The summed E-state index contributed by atoms with van der Waals surface area (Å²) >= 11 is 0. The zero-order valence-electron chi connectivity index (χ0n) is 10.4. The lowest BCUT2D eigenvalue weighted by Gasteiger charge is -2.07. The highest BCUT2D eigenvalue weighted by atomic mass is 15.2. The molecule has 0 atom stereocenters. The summed E-state index contributed by atoms with van der Waals surface area (Å²) < 4.78 is 1.82. The van der Waals surface area contributed by atoms with E-state index in [2.05, 4.69) is 22.0 Å². The lowest BCUT2D eigenvalue weighted by Crippen LogP contribution is -1.99. The zero-order valence-corrected chi connectivity index (χ0v) is 10.4. The largest absolute Gasteiger partial charge is 0.275 e. The van der Waals surface area contributed by atoms with E-state index in [1.54, 1.807) is 0 Å². The third kappa shape index (κ3) is 1.71. The Kier molecular flexibility index (Phi) is 2.50. The smallest absolute Gasteiger partial charge is 0.126 e. The van der Waals surface area contributed by atoms with Crippen molar-refractivity contribution in [2.45, 2.75) is 27.7 Å². The molecule has 0 amide bonds. The maximum atomic E-state index is 4.51. The Morgan fingerprint density at radius 2 is 1.69 bits per heavy atom. The molecule has 0 radical (unpaired) electrons. The van der Waals surface area contributed by atoms with Crippen molar-refractivity contribution in [3.05, 3.63) is 29.0 Å². The third-order valence-electron chi connectivity index (χ3n) is 2.77. The number of hydrogen-bond donors (Lipinski definition) is 0. The molecular formula is C12H16N4. The van der Waals surface area contributed by atoms with Crippen LogP contribution in [0, 0.1) is 27.7 Å². The second-order valence-corrected chi connectivity index (χ2v) is 4.13. The minimum Gasteiger partial charge on any atom is -0.275 e. The summed E-state index contributed by atoms with van der Waals surface area (Å²) in [4.78, 5) is 8.87. The van der Waals surface area contributed by atoms with Crippen LogP contribution in [-0.4, -0.2) is 19.7 Å². The van der Waals surface area contributed by atoms with Gasteiger partial charge in [0.05, 0.1) is 11.4 Å². The molecule has 4 nitrogen and oxygen atoms in total. The molecule has 0 aliphatic heterocycles. The lowest BCUT2D eigenvalue weighted by molar-refractivity contribution is 0.756. The summed E-state index contributed by atoms with van der Waals surface area (Å²) in [5, 5.41) is 4.34. The molecule has 0 saturated heterocycles. The van der Waals surface area contributed by atoms with Gasteiger partial charge in [0, 0.05) is 24.5 Å². The van der Waals surface area contributed by atoms with Gasteiger partial charge in [0.15, 0.2) is 0 Å². The van der Waals surface area contributed by atoms with Crippen molar-refractivity contribution in [1.82, 2.24) is 19.7 Å². The van der Waals surface area contributed by atoms with Gasteiger partial charge in [-0.05, 0) is 33.3 Å². The van der Waals surface area contributed by atoms with Crippen molar-refractivity contribution in [3.63, 3.8) is 0 Å². The van der Waals surface area contributed by atoms with E-state index >= 15 is 0 Å². The van der Waals surface area contributed by atoms with Crippen LogP contribution >= 0.6 is 0 Å². The van der Waals surface area contributed by atoms with Crippen LogP contribution in [0.25, 0.3) is 11.3 Å². The molecule has 0 aliphatic carbocycles. The van der Waals surface area contributed by atoms with Gasteiger partial charge in [0.1, 0.15) is 5.82 Å². The van der Waals surface area contributed by atoms with Gasteiger partial charge in [-0.25, -0.2) is 9.97 Å². The first-order valence-corrected chi connectivity index (χ1v) is 5.31. The predicted molar refractivity (Wildman–Crippen MR) is 63.2 cm³/mol. The summed E-state index contributed by atoms with van der Waals surface area (Å²) in [5.41, 5.74) is 5.25. The monoisotopic (exact) mass is 216 g/mol. The molecule has 84 valence electrons. The first-order chi connectivity index (χ1) is 7.49. The SMILES string of the molecule is Cc1nc(C)c(C)c(-c2cn(C)nc2C)n1. The van der Waals surface area contributed by atoms with Crippen LogP contribution in [0.5, 0.6) is 0 Å². The Morgan fingerprint density at radius 1 is 1.00 bits per heavy atom. The predicted octanol–water partition coefficient (Wildman–Crippen LogP) is 2.11. The van der Waals surface area contributed by atoms with Crippen molar-refractivity contribution in [1.29, 1.82) is 0 Å². The van der Waals surface area contributed by atoms with Crippen LogP contribution in [0.1, 0.15) is 22.8 Å². The van der Waals surface area contributed by atoms with Gasteiger partial charge in [-0.1, -0.05) is 0 Å². The number of nitrogens with zero attached hydrogens (tertiary/aromatic N) is 4. The third-order valence-corrected chi connectivity index (χ3v) is 2.77. The molecule has 0 saturated carbocycles. The molecule has 0 aromatic carbocycles. The van der Waals surface area contributed by atoms with E-state index in [1.165, 1.54) is 0 Å². The average Bonchev–Trinajstić information content (AvgIpc) is 2.51. The van der Waals surface area contributed by atoms with Gasteiger partial charge in [-0.15, -0.1) is 0 Å². The van der Waals surface area contributed by atoms with Crippen LogP contribution in [0.15, 0.2) is 6.20 Å². The second kappa shape index (κ2) is 3.70. The van der Waals surface area contributed by atoms with Crippen molar-refractivity contribution >= 4 is 0 Å². The van der Waals surface area contributed by atoms with Crippen molar-refractivity contribution in [3.8, 4) is 11.3 Å². The van der Waals surface area contributed by atoms with Gasteiger partial charge < -0.3 is 0 Å². The lowest BCUT2D eigenvalue weighted by atomic mass is 10.1. The van der Waals surface area contributed by atoms with Crippen molar-refractivity contribution in [2.24, 2.45) is 7.05 Å². The van der Waals surface area contributed by atoms with Crippen molar-refractivity contribution < 1.29 is 0 Å². The molecule has 2 rings (SSSR count). The molecule has 4 heteroatoms. The summed E-state index contributed by atoms with van der Waals surface area (Å²) in [5.74, 6) is 0.807. The van der Waals surface area contributed by atoms with E-state index in [0.29, 0.717) is 0 Å². The highest BCUT2D eigenvalue weighted by molar-refractivity contribution is 5.65. The van der Waals surface area contributed by atoms with Crippen LogP contribution in [-0.2, 0) is 7.05 Å². The fourth-order valence-corrected chi connectivity index (χ4v) is 1.86. The number of rotatable bonds is 1. The maximum Gasteiger partial charge on any atom is 0.126 e. The molecular weight excluding hydrogens is 200 g/mol. The van der Waals surface area contributed by atoms with E-state index in [4.69, 9.17) is 0 Å². The van der Waals surface area contributed by atoms with Crippen LogP contribution in [0.3, 0.4) is 0 Å². The fourth-order valence-electron chi connectivity index (χ4n) is 1.86. The van der Waals surface area contributed by atoms with E-state index in [0.717, 1.165) is 34.0 Å². The summed E-state index contributed by atoms with van der Waals surface area (Å²) in [6, 6.07) is 0. The summed E-state index contributed by atoms with van der Waals surface area (Å²) in [7, 11) is 1.92. The van der Waals surface area contributed by atoms with Crippen molar-refractivity contribution in [2.75, 3.05) is 0 Å². The van der Waals surface area contributed by atoms with Crippen LogP contribution in [0.4, 0.5) is 0 Å². The number of hydrogen-bond acceptors (Lipinski definition) is 3. The molecule has 2 aromatic rings. The summed E-state index contributed by atoms with van der Waals surface area (Å²) in [6.45, 7) is 7.99. The fraction of sp³-hybridized carbons (Fsp3) is 0.417. The van der Waals surface area contributed by atoms with E-state index in [9.17, 15) is 0 Å². The van der Waals surface area contributed by atoms with Crippen LogP contribution in [0.2, 0.25) is 0 Å². The minimum absolute atomic E-state index is 0.807. The topological polar surface area (TPSA) is 43.6 Å². The molecule has 0 N–H and O–H groups in total. The van der Waals surface area contributed by atoms with Gasteiger partial charge in [0.25, 0.3) is 0 Å². The molecule has 2 heterocycles. The Balaban J connectivity index is 2.68. The van der Waals surface area contributed by atoms with E-state index < -0.39 is 0 Å². The molecule has 0 aliphatic rings. The Bertz CT molecular complexity index is 540. The first-order valence-electron chi connectivity index (χ1n) is 5.31. The van der Waals surface area contributed by atoms with Gasteiger partial charge >= 0.3 is 0 Å². The molecule has 2 aromatic heterocycles. The second-order valence-electron chi connectivity index (χ2n) is 4.13.